The van der Waals surface area contributed by atoms with Crippen molar-refractivity contribution in [1.29, 1.82) is 0 Å². The van der Waals surface area contributed by atoms with Gasteiger partial charge in [0.1, 0.15) is 16.8 Å². The molecule has 0 saturated heterocycles. The van der Waals surface area contributed by atoms with E-state index in [0.717, 1.165) is 6.07 Å². The van der Waals surface area contributed by atoms with Gasteiger partial charge in [0.25, 0.3) is 0 Å². The first-order chi connectivity index (χ1) is 12.9. The van der Waals surface area contributed by atoms with E-state index in [-0.39, 0.29) is 18.8 Å². The predicted molar refractivity (Wildman–Crippen MR) is 96.0 cm³/mol. The Labute approximate surface area is 155 Å². The second-order valence-electron chi connectivity index (χ2n) is 6.28. The van der Waals surface area contributed by atoms with Gasteiger partial charge in [0.05, 0.1) is 0 Å². The number of aromatic nitrogens is 3. The average molecular weight is 388 g/mol. The summed E-state index contributed by atoms with van der Waals surface area (Å²) in [7, 11) is -2.62. The fraction of sp³-hybridized carbons (Fsp3) is 0.222. The van der Waals surface area contributed by atoms with Gasteiger partial charge < -0.3 is 0 Å². The summed E-state index contributed by atoms with van der Waals surface area (Å²) in [4.78, 5) is 11.9. The maximum atomic E-state index is 14.3. The van der Waals surface area contributed by atoms with Gasteiger partial charge >= 0.3 is 5.69 Å². The molecule has 0 N–H and O–H groups in total. The molecule has 2 aromatic carbocycles. The minimum atomic E-state index is -4.14. The van der Waals surface area contributed by atoms with E-state index in [1.807, 2.05) is 6.07 Å². The van der Waals surface area contributed by atoms with E-state index < -0.39 is 26.8 Å². The maximum Gasteiger partial charge on any atom is 0.345 e. The molecule has 0 saturated carbocycles. The number of aryl methyl sites for hydroxylation is 1. The van der Waals surface area contributed by atoms with Gasteiger partial charge in [-0.2, -0.15) is 9.40 Å². The van der Waals surface area contributed by atoms with Crippen molar-refractivity contribution in [1.82, 2.24) is 18.7 Å². The summed E-state index contributed by atoms with van der Waals surface area (Å²) in [5.41, 5.74) is 0.345. The van der Waals surface area contributed by atoms with Gasteiger partial charge in [-0.1, -0.05) is 42.5 Å². The summed E-state index contributed by atoms with van der Waals surface area (Å²) < 4.78 is 44.6. The van der Waals surface area contributed by atoms with Crippen molar-refractivity contribution in [2.45, 2.75) is 17.5 Å². The lowest BCUT2D eigenvalue weighted by atomic mass is 10.1. The Kier molecular flexibility index (Phi) is 4.20. The van der Waals surface area contributed by atoms with Crippen LogP contribution in [0.5, 0.6) is 0 Å². The molecule has 1 aromatic heterocycles. The third-order valence-corrected chi connectivity index (χ3v) is 6.55. The average Bonchev–Trinajstić information content (AvgIpc) is 2.96. The van der Waals surface area contributed by atoms with Crippen LogP contribution in [0.3, 0.4) is 0 Å². The van der Waals surface area contributed by atoms with E-state index in [0.29, 0.717) is 11.4 Å². The lowest BCUT2D eigenvalue weighted by Crippen LogP contribution is -2.44. The Morgan fingerprint density at radius 2 is 1.70 bits per heavy atom. The summed E-state index contributed by atoms with van der Waals surface area (Å²) in [5, 5.41) is 4.26. The molecule has 27 heavy (non-hydrogen) atoms. The van der Waals surface area contributed by atoms with Crippen LogP contribution in [-0.2, 0) is 23.6 Å². The first-order valence-electron chi connectivity index (χ1n) is 8.36. The van der Waals surface area contributed by atoms with Crippen LogP contribution in [0.15, 0.2) is 64.3 Å². The molecule has 1 atom stereocenters. The highest BCUT2D eigenvalue weighted by molar-refractivity contribution is 7.89. The smallest absolute Gasteiger partial charge is 0.276 e. The van der Waals surface area contributed by atoms with Crippen LogP contribution in [0.1, 0.15) is 17.4 Å². The van der Waals surface area contributed by atoms with Crippen LogP contribution in [0.4, 0.5) is 4.39 Å². The molecule has 0 bridgehead atoms. The van der Waals surface area contributed by atoms with Crippen LogP contribution in [0.2, 0.25) is 0 Å². The second kappa shape index (κ2) is 6.43. The first-order valence-corrected chi connectivity index (χ1v) is 9.80. The molecule has 0 aliphatic carbocycles. The molecule has 0 spiro atoms. The third-order valence-electron chi connectivity index (χ3n) is 4.65. The zero-order valence-corrected chi connectivity index (χ0v) is 15.3. The van der Waals surface area contributed by atoms with E-state index in [1.165, 1.54) is 38.8 Å². The minimum Gasteiger partial charge on any atom is -0.276 e. The quantitative estimate of drug-likeness (QED) is 0.682. The molecule has 1 unspecified atom stereocenters. The number of sulfonamides is 1. The van der Waals surface area contributed by atoms with Gasteiger partial charge in [-0.25, -0.2) is 22.3 Å². The molecular weight excluding hydrogens is 371 g/mol. The molecule has 2 heterocycles. The highest BCUT2D eigenvalue weighted by Crippen LogP contribution is 2.35. The highest BCUT2D eigenvalue weighted by Gasteiger charge is 2.41. The summed E-state index contributed by atoms with van der Waals surface area (Å²) in [5.74, 6) is -0.492. The molecule has 0 amide bonds. The van der Waals surface area contributed by atoms with E-state index >= 15 is 0 Å². The Hall–Kier alpha value is -2.78. The van der Waals surface area contributed by atoms with E-state index in [4.69, 9.17) is 0 Å². The van der Waals surface area contributed by atoms with Crippen LogP contribution in [0.25, 0.3) is 0 Å². The highest BCUT2D eigenvalue weighted by atomic mass is 32.2. The second-order valence-corrected chi connectivity index (χ2v) is 8.13. The predicted octanol–water partition coefficient (Wildman–Crippen LogP) is 1.51. The van der Waals surface area contributed by atoms with Gasteiger partial charge in [0.2, 0.25) is 10.0 Å². The molecular formula is C18H17FN4O3S. The lowest BCUT2D eigenvalue weighted by Gasteiger charge is -2.34. The number of hydrogen-bond acceptors (Lipinski definition) is 4. The summed E-state index contributed by atoms with van der Waals surface area (Å²) in [6.45, 7) is 0.188. The van der Waals surface area contributed by atoms with Gasteiger partial charge in [0.15, 0.2) is 5.82 Å². The Morgan fingerprint density at radius 3 is 2.41 bits per heavy atom. The minimum absolute atomic E-state index is 0.0365. The van der Waals surface area contributed by atoms with Crippen molar-refractivity contribution in [3.05, 3.63) is 82.3 Å². The Bertz CT molecular complexity index is 1150. The maximum absolute atomic E-state index is 14.3. The van der Waals surface area contributed by atoms with Crippen LogP contribution in [-0.4, -0.2) is 33.6 Å². The fourth-order valence-electron chi connectivity index (χ4n) is 3.38. The zero-order valence-electron chi connectivity index (χ0n) is 14.5. The van der Waals surface area contributed by atoms with Gasteiger partial charge in [-0.05, 0) is 17.7 Å². The molecule has 140 valence electrons. The van der Waals surface area contributed by atoms with Crippen molar-refractivity contribution in [2.24, 2.45) is 7.05 Å². The number of halogens is 1. The SMILES string of the molecule is Cn1nc2n(c1=O)CCN(S(=O)(=O)c1ccccc1F)C2c1ccccc1. The van der Waals surface area contributed by atoms with Crippen LogP contribution >= 0.6 is 0 Å². The molecule has 0 radical (unpaired) electrons. The van der Waals surface area contributed by atoms with Crippen molar-refractivity contribution in [3.8, 4) is 0 Å². The molecule has 9 heteroatoms. The summed E-state index contributed by atoms with van der Waals surface area (Å²) in [6, 6.07) is 13.4. The molecule has 3 aromatic rings. The van der Waals surface area contributed by atoms with Crippen LogP contribution in [0, 0.1) is 5.82 Å². The zero-order chi connectivity index (χ0) is 19.2. The Morgan fingerprint density at radius 1 is 1.04 bits per heavy atom. The molecule has 1 aliphatic rings. The topological polar surface area (TPSA) is 77.2 Å². The number of nitrogens with zero attached hydrogens (tertiary/aromatic N) is 4. The summed E-state index contributed by atoms with van der Waals surface area (Å²) in [6.07, 6.45) is 0. The molecule has 4 rings (SSSR count). The van der Waals surface area contributed by atoms with Crippen molar-refractivity contribution >= 4 is 10.0 Å². The molecule has 1 aliphatic heterocycles. The fourth-order valence-corrected chi connectivity index (χ4v) is 5.02. The lowest BCUT2D eigenvalue weighted by molar-refractivity contribution is 0.288. The van der Waals surface area contributed by atoms with E-state index in [9.17, 15) is 17.6 Å². The van der Waals surface area contributed by atoms with E-state index in [1.54, 1.807) is 24.3 Å². The summed E-state index contributed by atoms with van der Waals surface area (Å²) >= 11 is 0. The number of rotatable bonds is 3. The van der Waals surface area contributed by atoms with Gasteiger partial charge in [-0.3, -0.25) is 4.57 Å². The van der Waals surface area contributed by atoms with Crippen molar-refractivity contribution in [2.75, 3.05) is 6.54 Å². The molecule has 7 nitrogen and oxygen atoms in total. The first kappa shape index (κ1) is 17.6. The monoisotopic (exact) mass is 388 g/mol. The largest absolute Gasteiger partial charge is 0.345 e. The standard InChI is InChI=1S/C18H17FN4O3S/c1-21-18(24)22-11-12-23(27(25,26)15-10-6-5-9-14(15)19)16(17(22)20-21)13-7-3-2-4-8-13/h2-10,16H,11-12H2,1H3. The number of fused-ring (bicyclic) bond motifs is 1. The van der Waals surface area contributed by atoms with Crippen molar-refractivity contribution in [3.63, 3.8) is 0 Å². The van der Waals surface area contributed by atoms with Gasteiger partial charge in [-0.15, -0.1) is 0 Å². The number of hydrogen-bond donors (Lipinski definition) is 0. The normalized spacial score (nSPS) is 17.6. The van der Waals surface area contributed by atoms with Crippen molar-refractivity contribution < 1.29 is 12.8 Å². The number of benzene rings is 2. The Balaban J connectivity index is 1.92. The van der Waals surface area contributed by atoms with Gasteiger partial charge in [0, 0.05) is 20.1 Å². The van der Waals surface area contributed by atoms with E-state index in [2.05, 4.69) is 5.10 Å². The third kappa shape index (κ3) is 2.79. The van der Waals surface area contributed by atoms with Crippen LogP contribution < -0.4 is 5.69 Å². The molecule has 0 fully saturated rings.